The molecule has 0 amide bonds. The van der Waals surface area contributed by atoms with Crippen molar-refractivity contribution in [2.75, 3.05) is 0 Å². The van der Waals surface area contributed by atoms with E-state index >= 15 is 0 Å². The fourth-order valence-corrected chi connectivity index (χ4v) is 1.49. The molecule has 2 rings (SSSR count). The highest BCUT2D eigenvalue weighted by Crippen LogP contribution is 2.21. The second kappa shape index (κ2) is 4.05. The van der Waals surface area contributed by atoms with Gasteiger partial charge in [0.2, 0.25) is 0 Å². The minimum Gasteiger partial charge on any atom is -0.241 e. The molecule has 0 saturated carbocycles. The monoisotopic (exact) mass is 212 g/mol. The van der Waals surface area contributed by atoms with Crippen molar-refractivity contribution in [1.82, 2.24) is 9.97 Å². The zero-order valence-corrected chi connectivity index (χ0v) is 9.94. The molecular formula is C14H16N2. The maximum absolute atomic E-state index is 4.60. The lowest BCUT2D eigenvalue weighted by atomic mass is 9.95. The summed E-state index contributed by atoms with van der Waals surface area (Å²) in [7, 11) is 0. The van der Waals surface area contributed by atoms with Crippen LogP contribution < -0.4 is 0 Å². The topological polar surface area (TPSA) is 25.8 Å². The van der Waals surface area contributed by atoms with Crippen LogP contribution in [0.4, 0.5) is 0 Å². The van der Waals surface area contributed by atoms with Crippen molar-refractivity contribution in [2.45, 2.75) is 26.2 Å². The Hall–Kier alpha value is -1.70. The van der Waals surface area contributed by atoms with Crippen LogP contribution in [0.3, 0.4) is 0 Å². The zero-order chi connectivity index (χ0) is 11.6. The van der Waals surface area contributed by atoms with Crippen LogP contribution in [0.15, 0.2) is 42.6 Å². The molecule has 0 N–H and O–H groups in total. The first-order chi connectivity index (χ1) is 7.57. The number of hydrogen-bond acceptors (Lipinski definition) is 2. The third-order valence-electron chi connectivity index (χ3n) is 2.40. The van der Waals surface area contributed by atoms with Gasteiger partial charge in [0.05, 0.1) is 5.69 Å². The van der Waals surface area contributed by atoms with Crippen molar-refractivity contribution < 1.29 is 0 Å². The van der Waals surface area contributed by atoms with Gasteiger partial charge < -0.3 is 0 Å². The van der Waals surface area contributed by atoms with Crippen LogP contribution in [0.25, 0.3) is 11.3 Å². The van der Waals surface area contributed by atoms with Gasteiger partial charge in [-0.1, -0.05) is 51.1 Å². The first-order valence-corrected chi connectivity index (χ1v) is 5.46. The van der Waals surface area contributed by atoms with Gasteiger partial charge in [0.1, 0.15) is 5.82 Å². The van der Waals surface area contributed by atoms with E-state index in [-0.39, 0.29) is 5.41 Å². The van der Waals surface area contributed by atoms with Crippen molar-refractivity contribution in [1.29, 1.82) is 0 Å². The summed E-state index contributed by atoms with van der Waals surface area (Å²) in [6.07, 6.45) is 1.83. The molecule has 0 radical (unpaired) electrons. The van der Waals surface area contributed by atoms with Gasteiger partial charge in [-0.2, -0.15) is 0 Å². The summed E-state index contributed by atoms with van der Waals surface area (Å²) in [5.74, 6) is 0.883. The molecular weight excluding hydrogens is 196 g/mol. The molecule has 2 nitrogen and oxygen atoms in total. The highest BCUT2D eigenvalue weighted by Gasteiger charge is 2.17. The fraction of sp³-hybridized carbons (Fsp3) is 0.286. The summed E-state index contributed by atoms with van der Waals surface area (Å²) < 4.78 is 0. The molecule has 2 heteroatoms. The van der Waals surface area contributed by atoms with Gasteiger partial charge in [0, 0.05) is 17.2 Å². The van der Waals surface area contributed by atoms with Gasteiger partial charge in [-0.25, -0.2) is 9.97 Å². The van der Waals surface area contributed by atoms with E-state index in [0.29, 0.717) is 0 Å². The quantitative estimate of drug-likeness (QED) is 0.723. The SMILES string of the molecule is CC(C)(C)c1nccc(-c2ccccc2)n1. The summed E-state index contributed by atoms with van der Waals surface area (Å²) in [5.41, 5.74) is 2.11. The molecule has 0 bridgehead atoms. The van der Waals surface area contributed by atoms with Crippen LogP contribution >= 0.6 is 0 Å². The molecule has 2 aromatic rings. The predicted molar refractivity (Wildman–Crippen MR) is 66.2 cm³/mol. The molecule has 0 saturated heterocycles. The highest BCUT2D eigenvalue weighted by atomic mass is 14.9. The van der Waals surface area contributed by atoms with Crippen molar-refractivity contribution in [3.05, 3.63) is 48.4 Å². The minimum absolute atomic E-state index is 0.00914. The molecule has 0 aliphatic carbocycles. The van der Waals surface area contributed by atoms with E-state index in [1.165, 1.54) is 0 Å². The van der Waals surface area contributed by atoms with Crippen LogP contribution in [0.1, 0.15) is 26.6 Å². The van der Waals surface area contributed by atoms with E-state index < -0.39 is 0 Å². The predicted octanol–water partition coefficient (Wildman–Crippen LogP) is 3.44. The van der Waals surface area contributed by atoms with E-state index in [1.807, 2.05) is 30.5 Å². The number of aromatic nitrogens is 2. The van der Waals surface area contributed by atoms with E-state index in [4.69, 9.17) is 0 Å². The third-order valence-corrected chi connectivity index (χ3v) is 2.40. The van der Waals surface area contributed by atoms with Crippen molar-refractivity contribution in [2.24, 2.45) is 0 Å². The average molecular weight is 212 g/mol. The molecule has 82 valence electrons. The van der Waals surface area contributed by atoms with Crippen molar-refractivity contribution >= 4 is 0 Å². The Morgan fingerprint density at radius 3 is 2.25 bits per heavy atom. The Kier molecular flexibility index (Phi) is 2.73. The fourth-order valence-electron chi connectivity index (χ4n) is 1.49. The largest absolute Gasteiger partial charge is 0.241 e. The Morgan fingerprint density at radius 2 is 1.62 bits per heavy atom. The molecule has 0 unspecified atom stereocenters. The summed E-state index contributed by atoms with van der Waals surface area (Å²) >= 11 is 0. The second-order valence-electron chi connectivity index (χ2n) is 4.88. The lowest BCUT2D eigenvalue weighted by Crippen LogP contribution is -2.15. The maximum atomic E-state index is 4.60. The summed E-state index contributed by atoms with van der Waals surface area (Å²) in [5, 5.41) is 0. The lowest BCUT2D eigenvalue weighted by Gasteiger charge is -2.16. The summed E-state index contributed by atoms with van der Waals surface area (Å²) in [4.78, 5) is 8.93. The molecule has 0 spiro atoms. The molecule has 1 aromatic carbocycles. The van der Waals surface area contributed by atoms with Crippen molar-refractivity contribution in [3.8, 4) is 11.3 Å². The minimum atomic E-state index is -0.00914. The molecule has 0 atom stereocenters. The van der Waals surface area contributed by atoms with Gasteiger partial charge in [-0.3, -0.25) is 0 Å². The lowest BCUT2D eigenvalue weighted by molar-refractivity contribution is 0.546. The molecule has 0 aliphatic rings. The normalized spacial score (nSPS) is 11.4. The molecule has 1 heterocycles. The van der Waals surface area contributed by atoms with Crippen LogP contribution in [0.5, 0.6) is 0 Å². The molecule has 0 aliphatic heterocycles. The van der Waals surface area contributed by atoms with E-state index in [0.717, 1.165) is 17.1 Å². The number of hydrogen-bond donors (Lipinski definition) is 0. The zero-order valence-electron chi connectivity index (χ0n) is 9.94. The Bertz CT molecular complexity index is 470. The maximum Gasteiger partial charge on any atom is 0.134 e. The van der Waals surface area contributed by atoms with Gasteiger partial charge >= 0.3 is 0 Å². The average Bonchev–Trinajstić information content (AvgIpc) is 2.29. The number of nitrogens with zero attached hydrogens (tertiary/aromatic N) is 2. The smallest absolute Gasteiger partial charge is 0.134 e. The first kappa shape index (κ1) is 10.8. The Balaban J connectivity index is 2.45. The van der Waals surface area contributed by atoms with Crippen LogP contribution in [0.2, 0.25) is 0 Å². The standard InChI is InChI=1S/C14H16N2/c1-14(2,3)13-15-10-9-12(16-13)11-7-5-4-6-8-11/h4-10H,1-3H3. The van der Waals surface area contributed by atoms with E-state index in [1.54, 1.807) is 0 Å². The number of rotatable bonds is 1. The van der Waals surface area contributed by atoms with Crippen LogP contribution in [0, 0.1) is 0 Å². The van der Waals surface area contributed by atoms with Crippen LogP contribution in [-0.2, 0) is 5.41 Å². The third kappa shape index (κ3) is 2.27. The Labute approximate surface area is 96.4 Å². The first-order valence-electron chi connectivity index (χ1n) is 5.46. The van der Waals surface area contributed by atoms with Gasteiger partial charge in [-0.05, 0) is 6.07 Å². The molecule has 0 fully saturated rings. The number of benzene rings is 1. The molecule has 16 heavy (non-hydrogen) atoms. The van der Waals surface area contributed by atoms with E-state index in [9.17, 15) is 0 Å². The van der Waals surface area contributed by atoms with Gasteiger partial charge in [0.15, 0.2) is 0 Å². The molecule has 1 aromatic heterocycles. The van der Waals surface area contributed by atoms with Crippen molar-refractivity contribution in [3.63, 3.8) is 0 Å². The van der Waals surface area contributed by atoms with E-state index in [2.05, 4.69) is 42.9 Å². The van der Waals surface area contributed by atoms with Gasteiger partial charge in [-0.15, -0.1) is 0 Å². The summed E-state index contributed by atoms with van der Waals surface area (Å²) in [6.45, 7) is 6.37. The van der Waals surface area contributed by atoms with Gasteiger partial charge in [0.25, 0.3) is 0 Å². The second-order valence-corrected chi connectivity index (χ2v) is 4.88. The Morgan fingerprint density at radius 1 is 0.938 bits per heavy atom. The highest BCUT2D eigenvalue weighted by molar-refractivity contribution is 5.58. The summed E-state index contributed by atoms with van der Waals surface area (Å²) in [6, 6.07) is 12.1. The van der Waals surface area contributed by atoms with Crippen LogP contribution in [-0.4, -0.2) is 9.97 Å².